The van der Waals surface area contributed by atoms with Crippen LogP contribution < -0.4 is 10.6 Å². The molecule has 0 aromatic heterocycles. The zero-order chi connectivity index (χ0) is 20.3. The molecule has 0 spiro atoms. The van der Waals surface area contributed by atoms with Gasteiger partial charge in [0.15, 0.2) is 5.96 Å². The van der Waals surface area contributed by atoms with E-state index in [9.17, 15) is 18.0 Å². The van der Waals surface area contributed by atoms with Gasteiger partial charge in [0.05, 0.1) is 13.2 Å². The van der Waals surface area contributed by atoms with Gasteiger partial charge in [-0.05, 0) is 25.8 Å². The summed E-state index contributed by atoms with van der Waals surface area (Å²) in [5.74, 6) is 0.577. The summed E-state index contributed by atoms with van der Waals surface area (Å²) in [4.78, 5) is 19.6. The van der Waals surface area contributed by atoms with Crippen molar-refractivity contribution in [1.29, 1.82) is 0 Å². The number of hydrogen-bond acceptors (Lipinski definition) is 4. The predicted molar refractivity (Wildman–Crippen MR) is 98.7 cm³/mol. The Morgan fingerprint density at radius 3 is 2.67 bits per heavy atom. The lowest BCUT2D eigenvalue weighted by Gasteiger charge is -2.26. The van der Waals surface area contributed by atoms with E-state index in [-0.39, 0.29) is 18.4 Å². The van der Waals surface area contributed by atoms with Gasteiger partial charge < -0.3 is 20.3 Å². The van der Waals surface area contributed by atoms with Gasteiger partial charge in [-0.2, -0.15) is 13.2 Å². The molecule has 1 saturated heterocycles. The summed E-state index contributed by atoms with van der Waals surface area (Å²) in [5.41, 5.74) is 0. The molecule has 1 aliphatic rings. The Labute approximate surface area is 159 Å². The highest BCUT2D eigenvalue weighted by molar-refractivity contribution is 5.85. The number of nitrogens with one attached hydrogen (secondary N) is 2. The SMILES string of the molecule is CCNC(=NCC(=O)NCCOC)N1CCC(CN(CC)CC(F)(F)F)C1. The molecule has 0 bridgehead atoms. The van der Waals surface area contributed by atoms with E-state index in [2.05, 4.69) is 15.6 Å². The molecule has 2 N–H and O–H groups in total. The average molecular weight is 395 g/mol. The van der Waals surface area contributed by atoms with E-state index in [1.54, 1.807) is 14.0 Å². The van der Waals surface area contributed by atoms with Crippen molar-refractivity contribution >= 4 is 11.9 Å². The smallest absolute Gasteiger partial charge is 0.383 e. The fraction of sp³-hybridized carbons (Fsp3) is 0.882. The fourth-order valence-electron chi connectivity index (χ4n) is 3.02. The van der Waals surface area contributed by atoms with Crippen LogP contribution in [-0.4, -0.2) is 93.9 Å². The van der Waals surface area contributed by atoms with Crippen molar-refractivity contribution in [1.82, 2.24) is 20.4 Å². The highest BCUT2D eigenvalue weighted by Gasteiger charge is 2.33. The van der Waals surface area contributed by atoms with Crippen LogP contribution in [-0.2, 0) is 9.53 Å². The number of carbonyl (C=O) groups is 1. The number of aliphatic imine (C=N–C) groups is 1. The Morgan fingerprint density at radius 1 is 1.33 bits per heavy atom. The molecule has 1 atom stereocenters. The van der Waals surface area contributed by atoms with Crippen molar-refractivity contribution < 1.29 is 22.7 Å². The van der Waals surface area contributed by atoms with Crippen LogP contribution in [0, 0.1) is 5.92 Å². The summed E-state index contributed by atoms with van der Waals surface area (Å²) in [6.45, 7) is 6.44. The van der Waals surface area contributed by atoms with Crippen LogP contribution in [0.25, 0.3) is 0 Å². The highest BCUT2D eigenvalue weighted by Crippen LogP contribution is 2.21. The first-order valence-electron chi connectivity index (χ1n) is 9.37. The number of methoxy groups -OCH3 is 1. The first-order valence-corrected chi connectivity index (χ1v) is 9.37. The van der Waals surface area contributed by atoms with Gasteiger partial charge >= 0.3 is 6.18 Å². The van der Waals surface area contributed by atoms with Gasteiger partial charge in [-0.1, -0.05) is 6.92 Å². The van der Waals surface area contributed by atoms with E-state index < -0.39 is 12.7 Å². The third-order valence-electron chi connectivity index (χ3n) is 4.29. The summed E-state index contributed by atoms with van der Waals surface area (Å²) in [6, 6.07) is 0. The Balaban J connectivity index is 2.55. The number of ether oxygens (including phenoxy) is 1. The number of guanidine groups is 1. The van der Waals surface area contributed by atoms with E-state index in [1.165, 1.54) is 4.90 Å². The molecule has 0 aromatic carbocycles. The third kappa shape index (κ3) is 9.81. The van der Waals surface area contributed by atoms with Crippen LogP contribution in [0.1, 0.15) is 20.3 Å². The van der Waals surface area contributed by atoms with E-state index in [0.717, 1.165) is 6.42 Å². The molecule has 1 aliphatic heterocycles. The number of halogens is 3. The first kappa shape index (κ1) is 23.5. The molecule has 1 unspecified atom stereocenters. The molecule has 1 rings (SSSR count). The summed E-state index contributed by atoms with van der Waals surface area (Å²) in [5, 5.41) is 5.86. The summed E-state index contributed by atoms with van der Waals surface area (Å²) >= 11 is 0. The monoisotopic (exact) mass is 395 g/mol. The van der Waals surface area contributed by atoms with Crippen molar-refractivity contribution in [2.45, 2.75) is 26.4 Å². The van der Waals surface area contributed by atoms with Crippen LogP contribution in [0.3, 0.4) is 0 Å². The third-order valence-corrected chi connectivity index (χ3v) is 4.29. The predicted octanol–water partition coefficient (Wildman–Crippen LogP) is 0.921. The van der Waals surface area contributed by atoms with Crippen LogP contribution in [0.5, 0.6) is 0 Å². The van der Waals surface area contributed by atoms with Gasteiger partial charge in [0.25, 0.3) is 0 Å². The topological polar surface area (TPSA) is 69.2 Å². The normalized spacial score (nSPS) is 18.3. The molecular weight excluding hydrogens is 363 g/mol. The molecule has 10 heteroatoms. The van der Waals surface area contributed by atoms with Crippen molar-refractivity contribution in [2.75, 3.05) is 66.1 Å². The molecule has 0 aromatic rings. The standard InChI is InChI=1S/C17H32F3N5O2/c1-4-21-16(23-10-15(26)22-7-9-27-3)25-8-6-14(12-25)11-24(5-2)13-17(18,19)20/h14H,4-13H2,1-3H3,(H,21,23)(H,22,26). The van der Waals surface area contributed by atoms with Crippen molar-refractivity contribution in [3.05, 3.63) is 0 Å². The lowest BCUT2D eigenvalue weighted by Crippen LogP contribution is -2.42. The van der Waals surface area contributed by atoms with Crippen LogP contribution in [0.15, 0.2) is 4.99 Å². The second kappa shape index (κ2) is 12.0. The maximum Gasteiger partial charge on any atom is 0.401 e. The summed E-state index contributed by atoms with van der Waals surface area (Å²) < 4.78 is 42.8. The van der Waals surface area contributed by atoms with Crippen molar-refractivity contribution in [2.24, 2.45) is 10.9 Å². The molecule has 1 heterocycles. The molecule has 1 fully saturated rings. The molecule has 27 heavy (non-hydrogen) atoms. The maximum atomic E-state index is 12.6. The zero-order valence-electron chi connectivity index (χ0n) is 16.4. The van der Waals surface area contributed by atoms with Gasteiger partial charge in [-0.3, -0.25) is 9.69 Å². The number of alkyl halides is 3. The van der Waals surface area contributed by atoms with Gasteiger partial charge in [0.2, 0.25) is 5.91 Å². The van der Waals surface area contributed by atoms with Crippen LogP contribution >= 0.6 is 0 Å². The Bertz CT molecular complexity index is 474. The van der Waals surface area contributed by atoms with Crippen LogP contribution in [0.2, 0.25) is 0 Å². The Morgan fingerprint density at radius 2 is 2.07 bits per heavy atom. The number of likely N-dealkylation sites (tertiary alicyclic amines) is 1. The molecule has 1 amide bonds. The largest absolute Gasteiger partial charge is 0.401 e. The van der Waals surface area contributed by atoms with E-state index in [0.29, 0.717) is 51.8 Å². The minimum Gasteiger partial charge on any atom is -0.383 e. The van der Waals surface area contributed by atoms with E-state index in [4.69, 9.17) is 4.74 Å². The molecule has 0 radical (unpaired) electrons. The second-order valence-electron chi connectivity index (χ2n) is 6.56. The van der Waals surface area contributed by atoms with Crippen LogP contribution in [0.4, 0.5) is 13.2 Å². The number of carbonyl (C=O) groups excluding carboxylic acids is 1. The number of amides is 1. The number of rotatable bonds is 10. The molecule has 0 saturated carbocycles. The quantitative estimate of drug-likeness (QED) is 0.327. The fourth-order valence-corrected chi connectivity index (χ4v) is 3.02. The van der Waals surface area contributed by atoms with Gasteiger partial charge in [0, 0.05) is 39.8 Å². The van der Waals surface area contributed by atoms with Crippen molar-refractivity contribution in [3.8, 4) is 0 Å². The number of nitrogens with zero attached hydrogens (tertiary/aromatic N) is 3. The van der Waals surface area contributed by atoms with Gasteiger partial charge in [0.1, 0.15) is 6.54 Å². The first-order chi connectivity index (χ1) is 12.8. The summed E-state index contributed by atoms with van der Waals surface area (Å²) in [6.07, 6.45) is -3.38. The van der Waals surface area contributed by atoms with E-state index >= 15 is 0 Å². The van der Waals surface area contributed by atoms with E-state index in [1.807, 2.05) is 11.8 Å². The lowest BCUT2D eigenvalue weighted by molar-refractivity contribution is -0.146. The minimum atomic E-state index is -4.18. The highest BCUT2D eigenvalue weighted by atomic mass is 19.4. The molecular formula is C17H32F3N5O2. The Kier molecular flexibility index (Phi) is 10.5. The molecule has 7 nitrogen and oxygen atoms in total. The maximum absolute atomic E-state index is 12.6. The summed E-state index contributed by atoms with van der Waals surface area (Å²) in [7, 11) is 1.56. The molecule has 0 aliphatic carbocycles. The lowest BCUT2D eigenvalue weighted by atomic mass is 10.1. The zero-order valence-corrected chi connectivity index (χ0v) is 16.4. The number of hydrogen-bond donors (Lipinski definition) is 2. The minimum absolute atomic E-state index is 0.00235. The molecule has 158 valence electrons. The van der Waals surface area contributed by atoms with Gasteiger partial charge in [-0.15, -0.1) is 0 Å². The second-order valence-corrected chi connectivity index (χ2v) is 6.56. The average Bonchev–Trinajstić information content (AvgIpc) is 3.05. The van der Waals surface area contributed by atoms with Gasteiger partial charge in [-0.25, -0.2) is 4.99 Å². The van der Waals surface area contributed by atoms with Crippen molar-refractivity contribution in [3.63, 3.8) is 0 Å². The Hall–Kier alpha value is -1.55.